The Hall–Kier alpha value is -2.90. The highest BCUT2D eigenvalue weighted by atomic mass is 35.5. The summed E-state index contributed by atoms with van der Waals surface area (Å²) in [6.45, 7) is 7.39. The third-order valence-corrected chi connectivity index (χ3v) is 6.36. The lowest BCUT2D eigenvalue weighted by Crippen LogP contribution is -2.26. The molecule has 0 saturated heterocycles. The molecule has 2 atom stereocenters. The van der Waals surface area contributed by atoms with E-state index in [2.05, 4.69) is 0 Å². The second-order valence-corrected chi connectivity index (χ2v) is 9.16. The van der Waals surface area contributed by atoms with Crippen LogP contribution in [0.1, 0.15) is 61.6 Å². The fourth-order valence-electron chi connectivity index (χ4n) is 4.05. The number of hydrogen-bond acceptors (Lipinski definition) is 4. The number of aromatic carboxylic acids is 1. The fraction of sp³-hybridized carbons (Fsp3) is 0.385. The van der Waals surface area contributed by atoms with Crippen molar-refractivity contribution in [3.05, 3.63) is 74.3 Å². The van der Waals surface area contributed by atoms with Gasteiger partial charge in [-0.1, -0.05) is 44.0 Å². The summed E-state index contributed by atoms with van der Waals surface area (Å²) in [6.07, 6.45) is 1.91. The van der Waals surface area contributed by atoms with Gasteiger partial charge in [0.05, 0.1) is 29.3 Å². The van der Waals surface area contributed by atoms with E-state index >= 15 is 0 Å². The molecule has 0 aliphatic rings. The van der Waals surface area contributed by atoms with E-state index in [9.17, 15) is 24.2 Å². The Kier molecular flexibility index (Phi) is 8.00. The minimum absolute atomic E-state index is 0.00653. The van der Waals surface area contributed by atoms with Crippen LogP contribution in [0.15, 0.2) is 41.3 Å². The van der Waals surface area contributed by atoms with Crippen molar-refractivity contribution in [2.24, 2.45) is 5.92 Å². The molecule has 0 bridgehead atoms. The summed E-state index contributed by atoms with van der Waals surface area (Å²) in [7, 11) is 0. The Labute approximate surface area is 202 Å². The minimum atomic E-state index is -1.36. The number of fused-ring (bicyclic) bond motifs is 1. The highest BCUT2D eigenvalue weighted by Crippen LogP contribution is 2.32. The number of rotatable bonds is 9. The number of aliphatic hydroxyl groups excluding tert-OH is 1. The first-order chi connectivity index (χ1) is 16.1. The van der Waals surface area contributed by atoms with E-state index in [1.54, 1.807) is 28.8 Å². The van der Waals surface area contributed by atoms with Crippen molar-refractivity contribution in [1.29, 1.82) is 0 Å². The van der Waals surface area contributed by atoms with Gasteiger partial charge in [0.1, 0.15) is 17.1 Å². The molecular weight excluding hydrogens is 461 g/mol. The van der Waals surface area contributed by atoms with Gasteiger partial charge in [0.2, 0.25) is 5.43 Å². The summed E-state index contributed by atoms with van der Waals surface area (Å²) < 4.78 is 22.3. The molecule has 1 aromatic heterocycles. The van der Waals surface area contributed by atoms with Crippen LogP contribution in [0.25, 0.3) is 10.9 Å². The maximum atomic E-state index is 14.6. The molecule has 0 radical (unpaired) electrons. The van der Waals surface area contributed by atoms with E-state index in [1.807, 2.05) is 27.7 Å². The van der Waals surface area contributed by atoms with Gasteiger partial charge in [0.25, 0.3) is 0 Å². The summed E-state index contributed by atoms with van der Waals surface area (Å²) in [6, 6.07) is 7.47. The first kappa shape index (κ1) is 25.7. The summed E-state index contributed by atoms with van der Waals surface area (Å²) in [5.41, 5.74) is 0.246. The number of ether oxygens (including phenoxy) is 1. The van der Waals surface area contributed by atoms with Crippen LogP contribution < -0.4 is 10.2 Å². The fourth-order valence-corrected chi connectivity index (χ4v) is 4.25. The molecule has 8 heteroatoms. The van der Waals surface area contributed by atoms with Crippen molar-refractivity contribution in [3.8, 4) is 5.75 Å². The minimum Gasteiger partial charge on any atom is -0.491 e. The third kappa shape index (κ3) is 5.10. The molecular formula is C26H29ClFNO5. The Morgan fingerprint density at radius 2 is 1.91 bits per heavy atom. The largest absolute Gasteiger partial charge is 0.491 e. The quantitative estimate of drug-likeness (QED) is 0.417. The van der Waals surface area contributed by atoms with Crippen LogP contribution in [0.5, 0.6) is 5.75 Å². The monoisotopic (exact) mass is 489 g/mol. The average Bonchev–Trinajstić information content (AvgIpc) is 2.78. The average molecular weight is 490 g/mol. The zero-order chi connectivity index (χ0) is 25.2. The Morgan fingerprint density at radius 1 is 1.21 bits per heavy atom. The van der Waals surface area contributed by atoms with Gasteiger partial charge in [0.15, 0.2) is 0 Å². The molecule has 0 unspecified atom stereocenters. The van der Waals surface area contributed by atoms with Crippen molar-refractivity contribution in [1.82, 2.24) is 4.57 Å². The van der Waals surface area contributed by atoms with Gasteiger partial charge in [-0.25, -0.2) is 9.18 Å². The van der Waals surface area contributed by atoms with Gasteiger partial charge < -0.3 is 19.5 Å². The number of carboxylic acids is 1. The topological polar surface area (TPSA) is 88.8 Å². The zero-order valence-corrected chi connectivity index (χ0v) is 20.4. The van der Waals surface area contributed by atoms with E-state index < -0.39 is 28.8 Å². The number of aromatic nitrogens is 1. The molecule has 6 nitrogen and oxygen atoms in total. The van der Waals surface area contributed by atoms with Gasteiger partial charge >= 0.3 is 5.97 Å². The Bertz CT molecular complexity index is 1270. The standard InChI is InChI=1S/C26H29ClFNO5/c1-5-15(4)22(13-30)29-12-19(26(32)33)25(31)18-10-17(23(11-21(18)29)34-14(2)3)9-16-7-6-8-20(27)24(16)28/h6-8,10-12,14-15,22,30H,5,9,13H2,1-4H3,(H,32,33)/t15-,22+/m0/s1. The number of nitrogens with zero attached hydrogens (tertiary/aromatic N) is 1. The van der Waals surface area contributed by atoms with Crippen molar-refractivity contribution in [2.75, 3.05) is 6.61 Å². The Balaban J connectivity index is 2.35. The normalized spacial score (nSPS) is 13.3. The highest BCUT2D eigenvalue weighted by molar-refractivity contribution is 6.30. The summed E-state index contributed by atoms with van der Waals surface area (Å²) in [4.78, 5) is 25.0. The van der Waals surface area contributed by atoms with Crippen LogP contribution in [-0.2, 0) is 6.42 Å². The summed E-state index contributed by atoms with van der Waals surface area (Å²) in [5, 5.41) is 20.0. The van der Waals surface area contributed by atoms with Gasteiger partial charge in [-0.05, 0) is 43.0 Å². The second kappa shape index (κ2) is 10.6. The van der Waals surface area contributed by atoms with Crippen LogP contribution in [0.3, 0.4) is 0 Å². The third-order valence-electron chi connectivity index (χ3n) is 6.07. The number of benzene rings is 2. The number of carboxylic acid groups (broad SMARTS) is 1. The maximum absolute atomic E-state index is 14.6. The first-order valence-corrected chi connectivity index (χ1v) is 11.6. The molecule has 0 amide bonds. The molecule has 1 heterocycles. The maximum Gasteiger partial charge on any atom is 0.341 e. The number of aliphatic hydroxyl groups is 1. The lowest BCUT2D eigenvalue weighted by molar-refractivity contribution is 0.0694. The molecule has 2 N–H and O–H groups in total. The van der Waals surface area contributed by atoms with Crippen molar-refractivity contribution in [2.45, 2.75) is 52.7 Å². The second-order valence-electron chi connectivity index (χ2n) is 8.75. The van der Waals surface area contributed by atoms with Crippen LogP contribution in [0.4, 0.5) is 4.39 Å². The van der Waals surface area contributed by atoms with Gasteiger partial charge in [-0.2, -0.15) is 0 Å². The molecule has 182 valence electrons. The van der Waals surface area contributed by atoms with Gasteiger partial charge in [-0.3, -0.25) is 4.79 Å². The Morgan fingerprint density at radius 3 is 2.50 bits per heavy atom. The van der Waals surface area contributed by atoms with Crippen molar-refractivity contribution in [3.63, 3.8) is 0 Å². The molecule has 0 saturated carbocycles. The van der Waals surface area contributed by atoms with Gasteiger partial charge in [-0.15, -0.1) is 0 Å². The van der Waals surface area contributed by atoms with Crippen molar-refractivity contribution < 1.29 is 24.1 Å². The smallest absolute Gasteiger partial charge is 0.341 e. The van der Waals surface area contributed by atoms with E-state index in [0.29, 0.717) is 22.4 Å². The molecule has 0 fully saturated rings. The molecule has 34 heavy (non-hydrogen) atoms. The summed E-state index contributed by atoms with van der Waals surface area (Å²) in [5.74, 6) is -1.47. The molecule has 0 aliphatic heterocycles. The van der Waals surface area contributed by atoms with Crippen LogP contribution >= 0.6 is 11.6 Å². The number of carbonyl (C=O) groups is 1. The molecule has 3 aromatic rings. The van der Waals surface area contributed by atoms with Crippen LogP contribution in [-0.4, -0.2) is 33.5 Å². The lowest BCUT2D eigenvalue weighted by atomic mass is 9.96. The van der Waals surface area contributed by atoms with Gasteiger partial charge in [0, 0.05) is 24.1 Å². The first-order valence-electron chi connectivity index (χ1n) is 11.2. The number of pyridine rings is 1. The number of halogens is 2. The van der Waals surface area contributed by atoms with E-state index in [0.717, 1.165) is 6.42 Å². The van der Waals surface area contributed by atoms with Crippen LogP contribution in [0.2, 0.25) is 5.02 Å². The van der Waals surface area contributed by atoms with Crippen LogP contribution in [0, 0.1) is 11.7 Å². The predicted octanol–water partition coefficient (Wildman–Crippen LogP) is 5.45. The van der Waals surface area contributed by atoms with E-state index in [-0.39, 0.29) is 35.5 Å². The highest BCUT2D eigenvalue weighted by Gasteiger charge is 2.24. The SMILES string of the molecule is CC[C@H](C)[C@@H](CO)n1cc(C(=O)O)c(=O)c2cc(Cc3cccc(Cl)c3F)c(OC(C)C)cc21. The molecule has 2 aromatic carbocycles. The summed E-state index contributed by atoms with van der Waals surface area (Å²) >= 11 is 5.95. The lowest BCUT2D eigenvalue weighted by Gasteiger charge is -2.27. The molecule has 0 spiro atoms. The molecule has 3 rings (SSSR count). The van der Waals surface area contributed by atoms with E-state index in [4.69, 9.17) is 16.3 Å². The predicted molar refractivity (Wildman–Crippen MR) is 131 cm³/mol. The number of hydrogen-bond donors (Lipinski definition) is 2. The molecule has 0 aliphatic carbocycles. The van der Waals surface area contributed by atoms with E-state index in [1.165, 1.54) is 12.3 Å². The van der Waals surface area contributed by atoms with Crippen molar-refractivity contribution >= 4 is 28.5 Å². The zero-order valence-electron chi connectivity index (χ0n) is 19.6.